The van der Waals surface area contributed by atoms with Crippen molar-refractivity contribution in [3.63, 3.8) is 0 Å². The number of benzene rings is 1. The van der Waals surface area contributed by atoms with Crippen LogP contribution in [0.5, 0.6) is 0 Å². The van der Waals surface area contributed by atoms with Crippen molar-refractivity contribution in [3.05, 3.63) is 66.1 Å². The summed E-state index contributed by atoms with van der Waals surface area (Å²) in [6.07, 6.45) is 5.00. The number of aliphatic hydroxyl groups is 2. The maximum Gasteiger partial charge on any atom is 0.312 e. The number of amides is 1. The van der Waals surface area contributed by atoms with Gasteiger partial charge in [-0.2, -0.15) is 0 Å². The molecule has 2 atom stereocenters. The molecular formula is C30H38N4O5. The van der Waals surface area contributed by atoms with Crippen molar-refractivity contribution in [1.82, 2.24) is 19.8 Å². The summed E-state index contributed by atoms with van der Waals surface area (Å²) in [7, 11) is 0. The van der Waals surface area contributed by atoms with Crippen LogP contribution in [0.3, 0.4) is 0 Å². The second kappa shape index (κ2) is 12.3. The van der Waals surface area contributed by atoms with Gasteiger partial charge in [-0.25, -0.2) is 0 Å². The molecule has 9 nitrogen and oxygen atoms in total. The Kier molecular flexibility index (Phi) is 8.60. The normalized spacial score (nSPS) is 23.5. The zero-order valence-electron chi connectivity index (χ0n) is 22.3. The fourth-order valence-electron chi connectivity index (χ4n) is 5.79. The molecule has 1 spiro atoms. The average molecular weight is 535 g/mol. The second-order valence-electron chi connectivity index (χ2n) is 11.0. The summed E-state index contributed by atoms with van der Waals surface area (Å²) >= 11 is 0. The van der Waals surface area contributed by atoms with Gasteiger partial charge in [-0.05, 0) is 75.0 Å². The summed E-state index contributed by atoms with van der Waals surface area (Å²) in [6.45, 7) is 2.91. The molecule has 0 saturated carbocycles. The van der Waals surface area contributed by atoms with Crippen LogP contribution in [-0.2, 0) is 16.1 Å². The third-order valence-electron chi connectivity index (χ3n) is 8.31. The third-order valence-corrected chi connectivity index (χ3v) is 8.31. The Hall–Kier alpha value is -3.27. The number of esters is 1. The molecule has 1 amide bonds. The molecule has 208 valence electrons. The first kappa shape index (κ1) is 27.3. The summed E-state index contributed by atoms with van der Waals surface area (Å²) in [4.78, 5) is 38.2. The lowest BCUT2D eigenvalue weighted by molar-refractivity contribution is -0.165. The zero-order valence-corrected chi connectivity index (χ0v) is 22.3. The van der Waals surface area contributed by atoms with Gasteiger partial charge in [0.05, 0.1) is 11.5 Å². The first-order chi connectivity index (χ1) is 18.9. The molecule has 2 aliphatic rings. The topological polar surface area (TPSA) is 119 Å². The molecule has 2 aliphatic heterocycles. The number of rotatable bonds is 3. The van der Waals surface area contributed by atoms with Gasteiger partial charge in [0, 0.05) is 42.9 Å². The van der Waals surface area contributed by atoms with E-state index in [-0.39, 0.29) is 24.9 Å². The summed E-state index contributed by atoms with van der Waals surface area (Å²) in [6, 6.07) is 13.6. The number of ether oxygens (including phenoxy) is 1. The number of H-pyrrole nitrogens is 1. The maximum absolute atomic E-state index is 13.4. The fourth-order valence-corrected chi connectivity index (χ4v) is 5.79. The summed E-state index contributed by atoms with van der Waals surface area (Å²) < 4.78 is 5.60. The fraction of sp³-hybridized carbons (Fsp3) is 0.500. The number of aromatic amines is 1. The highest BCUT2D eigenvalue weighted by Crippen LogP contribution is 2.38. The Bertz CT molecular complexity index is 1220. The predicted molar refractivity (Wildman–Crippen MR) is 147 cm³/mol. The molecule has 5 rings (SSSR count). The average Bonchev–Trinajstić information content (AvgIpc) is 3.40. The van der Waals surface area contributed by atoms with Crippen LogP contribution >= 0.6 is 0 Å². The number of fused-ring (bicyclic) bond motifs is 1. The van der Waals surface area contributed by atoms with Gasteiger partial charge in [0.2, 0.25) is 0 Å². The monoisotopic (exact) mass is 534 g/mol. The number of aromatic nitrogens is 2. The predicted octanol–water partition coefficient (Wildman–Crippen LogP) is 3.13. The number of carbonyl (C=O) groups excluding carboxylic acids is 2. The van der Waals surface area contributed by atoms with Gasteiger partial charge >= 0.3 is 5.97 Å². The minimum absolute atomic E-state index is 0.130. The SMILES string of the molecule is O=C(c1cc2ccccc2[nH]1)N1CCCCC2(CCN(Cc3ccncc3)CC2)C(=O)OC[C@@H](O)[C@@H](O)CC1. The van der Waals surface area contributed by atoms with Crippen molar-refractivity contribution in [2.24, 2.45) is 5.41 Å². The quantitative estimate of drug-likeness (QED) is 0.442. The van der Waals surface area contributed by atoms with Crippen LogP contribution in [0.25, 0.3) is 10.9 Å². The van der Waals surface area contributed by atoms with Gasteiger partial charge in [-0.3, -0.25) is 19.5 Å². The number of para-hydroxylation sites is 1. The van der Waals surface area contributed by atoms with Crippen LogP contribution in [0.1, 0.15) is 54.6 Å². The van der Waals surface area contributed by atoms with Crippen LogP contribution in [0.2, 0.25) is 0 Å². The Balaban J connectivity index is 1.27. The van der Waals surface area contributed by atoms with Crippen molar-refractivity contribution < 1.29 is 24.5 Å². The molecule has 9 heteroatoms. The van der Waals surface area contributed by atoms with E-state index >= 15 is 0 Å². The first-order valence-corrected chi connectivity index (χ1v) is 14.0. The molecule has 0 unspecified atom stereocenters. The molecule has 0 radical (unpaired) electrons. The standard InChI is InChI=1S/C30H38N4O5/c35-26-9-16-34(28(37)25-19-23-5-1-2-6-24(23)32-25)15-4-3-10-30(29(38)39-21-27(26)36)11-17-33(18-12-30)20-22-7-13-31-14-8-22/h1-2,5-8,13-14,19,26-27,32,35-36H,3-4,9-12,15-18,20-21H2/t26-,27+/m0/s1. The molecular weight excluding hydrogens is 496 g/mol. The lowest BCUT2D eigenvalue weighted by Gasteiger charge is -2.40. The van der Waals surface area contributed by atoms with Crippen LogP contribution in [0.15, 0.2) is 54.9 Å². The minimum atomic E-state index is -1.21. The number of nitrogens with one attached hydrogen (secondary N) is 1. The van der Waals surface area contributed by atoms with Gasteiger partial charge in [-0.15, -0.1) is 0 Å². The minimum Gasteiger partial charge on any atom is -0.462 e. The molecule has 2 fully saturated rings. The van der Waals surface area contributed by atoms with Crippen molar-refractivity contribution in [3.8, 4) is 0 Å². The number of hydrogen-bond donors (Lipinski definition) is 3. The molecule has 39 heavy (non-hydrogen) atoms. The lowest BCUT2D eigenvalue weighted by atomic mass is 9.74. The Morgan fingerprint density at radius 3 is 2.54 bits per heavy atom. The first-order valence-electron chi connectivity index (χ1n) is 14.0. The largest absolute Gasteiger partial charge is 0.462 e. The van der Waals surface area contributed by atoms with Gasteiger partial charge in [-0.1, -0.05) is 24.6 Å². The number of cyclic esters (lactones) is 1. The highest BCUT2D eigenvalue weighted by Gasteiger charge is 2.42. The van der Waals surface area contributed by atoms with E-state index in [0.29, 0.717) is 38.0 Å². The van der Waals surface area contributed by atoms with Crippen molar-refractivity contribution in [1.29, 1.82) is 0 Å². The molecule has 0 aliphatic carbocycles. The van der Waals surface area contributed by atoms with Crippen LogP contribution in [0, 0.1) is 5.41 Å². The van der Waals surface area contributed by atoms with E-state index in [4.69, 9.17) is 4.74 Å². The summed E-state index contributed by atoms with van der Waals surface area (Å²) in [5.74, 6) is -0.420. The van der Waals surface area contributed by atoms with Crippen LogP contribution < -0.4 is 0 Å². The molecule has 3 N–H and O–H groups in total. The van der Waals surface area contributed by atoms with E-state index in [0.717, 1.165) is 43.4 Å². The third kappa shape index (κ3) is 6.49. The van der Waals surface area contributed by atoms with E-state index < -0.39 is 17.6 Å². The lowest BCUT2D eigenvalue weighted by Crippen LogP contribution is -2.45. The highest BCUT2D eigenvalue weighted by atomic mass is 16.5. The van der Waals surface area contributed by atoms with Crippen molar-refractivity contribution in [2.75, 3.05) is 32.8 Å². The molecule has 2 aromatic heterocycles. The second-order valence-corrected chi connectivity index (χ2v) is 11.0. The van der Waals surface area contributed by atoms with Gasteiger partial charge in [0.1, 0.15) is 18.4 Å². The highest BCUT2D eigenvalue weighted by molar-refractivity contribution is 5.98. The molecule has 2 saturated heterocycles. The van der Waals surface area contributed by atoms with Gasteiger partial charge < -0.3 is 24.8 Å². The molecule has 4 heterocycles. The summed E-state index contributed by atoms with van der Waals surface area (Å²) in [5.41, 5.74) is 1.97. The Morgan fingerprint density at radius 1 is 1.00 bits per heavy atom. The molecule has 3 aromatic rings. The number of piperidine rings is 1. The van der Waals surface area contributed by atoms with Crippen molar-refractivity contribution in [2.45, 2.75) is 57.3 Å². The van der Waals surface area contributed by atoms with Crippen LogP contribution in [-0.4, -0.2) is 86.9 Å². The van der Waals surface area contributed by atoms with Gasteiger partial charge in [0.25, 0.3) is 5.91 Å². The molecule has 1 aromatic carbocycles. The number of aliphatic hydroxyl groups excluding tert-OH is 2. The van der Waals surface area contributed by atoms with E-state index in [1.54, 1.807) is 17.3 Å². The van der Waals surface area contributed by atoms with E-state index in [1.165, 1.54) is 5.56 Å². The van der Waals surface area contributed by atoms with E-state index in [2.05, 4.69) is 14.9 Å². The van der Waals surface area contributed by atoms with E-state index in [1.807, 2.05) is 42.5 Å². The number of pyridine rings is 1. The molecule has 0 bridgehead atoms. The van der Waals surface area contributed by atoms with Crippen LogP contribution in [0.4, 0.5) is 0 Å². The maximum atomic E-state index is 13.4. The van der Waals surface area contributed by atoms with E-state index in [9.17, 15) is 19.8 Å². The Labute approximate surface area is 228 Å². The number of hydrogen-bond acceptors (Lipinski definition) is 7. The van der Waals surface area contributed by atoms with Crippen molar-refractivity contribution >= 4 is 22.8 Å². The zero-order chi connectivity index (χ0) is 27.2. The number of nitrogens with zero attached hydrogens (tertiary/aromatic N) is 3. The smallest absolute Gasteiger partial charge is 0.312 e. The van der Waals surface area contributed by atoms with Gasteiger partial charge in [0.15, 0.2) is 0 Å². The summed E-state index contributed by atoms with van der Waals surface area (Å²) in [5, 5.41) is 22.1. The number of likely N-dealkylation sites (tertiary alicyclic amines) is 1. The number of carbonyl (C=O) groups is 2. The Morgan fingerprint density at radius 2 is 1.77 bits per heavy atom.